The van der Waals surface area contributed by atoms with E-state index in [1.54, 1.807) is 48.8 Å². The molecule has 1 N–H and O–H groups in total. The fourth-order valence-electron chi connectivity index (χ4n) is 1.96. The molecule has 1 atom stereocenters. The zero-order chi connectivity index (χ0) is 13.5. The molecule has 0 aliphatic rings. The van der Waals surface area contributed by atoms with E-state index < -0.39 is 9.92 Å². The molecule has 3 rings (SSSR count). The highest BCUT2D eigenvalue weighted by molar-refractivity contribution is 7.91. The number of hydrogen-bond acceptors (Lipinski definition) is 3. The minimum atomic E-state index is -3.14. The molecule has 3 aromatic rings. The summed E-state index contributed by atoms with van der Waals surface area (Å²) in [5.41, 5.74) is 1.02. The summed E-state index contributed by atoms with van der Waals surface area (Å²) >= 11 is 0. The first-order chi connectivity index (χ1) is 9.10. The molecular formula is C13H10BN3OS. The molecule has 2 aromatic heterocycles. The molecule has 2 heterocycles. The number of fused-ring (bicyclic) bond motifs is 1. The zero-order valence-electron chi connectivity index (χ0n) is 9.98. The Kier molecular flexibility index (Phi) is 2.67. The Labute approximate surface area is 112 Å². The van der Waals surface area contributed by atoms with Crippen LogP contribution in [0, 0.1) is 4.78 Å². The van der Waals surface area contributed by atoms with Gasteiger partial charge in [-0.05, 0) is 18.2 Å². The van der Waals surface area contributed by atoms with E-state index in [2.05, 4.69) is 4.98 Å². The van der Waals surface area contributed by atoms with Crippen molar-refractivity contribution in [3.63, 3.8) is 0 Å². The van der Waals surface area contributed by atoms with E-state index in [4.69, 9.17) is 12.6 Å². The average molecular weight is 267 g/mol. The molecule has 0 amide bonds. The van der Waals surface area contributed by atoms with Gasteiger partial charge in [0.25, 0.3) is 0 Å². The van der Waals surface area contributed by atoms with Gasteiger partial charge in [-0.2, -0.15) is 0 Å². The highest BCUT2D eigenvalue weighted by Crippen LogP contribution is 2.19. The van der Waals surface area contributed by atoms with Crippen LogP contribution in [0.4, 0.5) is 0 Å². The largest absolute Gasteiger partial charge is 0.240 e. The van der Waals surface area contributed by atoms with Gasteiger partial charge < -0.3 is 0 Å². The van der Waals surface area contributed by atoms with Crippen LogP contribution < -0.4 is 5.46 Å². The highest BCUT2D eigenvalue weighted by atomic mass is 32.2. The van der Waals surface area contributed by atoms with Gasteiger partial charge >= 0.3 is 0 Å². The number of hydrogen-bond donors (Lipinski definition) is 1. The first-order valence-corrected chi connectivity index (χ1v) is 7.18. The Balaban J connectivity index is 2.29. The van der Waals surface area contributed by atoms with Crippen LogP contribution in [0.25, 0.3) is 11.0 Å². The Morgan fingerprint density at radius 3 is 2.63 bits per heavy atom. The predicted molar refractivity (Wildman–Crippen MR) is 76.1 cm³/mol. The highest BCUT2D eigenvalue weighted by Gasteiger charge is 2.15. The second-order valence-corrected chi connectivity index (χ2v) is 6.03. The third-order valence-electron chi connectivity index (χ3n) is 2.93. The van der Waals surface area contributed by atoms with Gasteiger partial charge in [0.05, 0.1) is 4.90 Å². The molecule has 0 saturated heterocycles. The molecule has 0 bridgehead atoms. The fourth-order valence-corrected chi connectivity index (χ4v) is 3.34. The van der Waals surface area contributed by atoms with Crippen molar-refractivity contribution in [3.8, 4) is 0 Å². The summed E-state index contributed by atoms with van der Waals surface area (Å²) < 4.78 is 22.3. The van der Waals surface area contributed by atoms with E-state index >= 15 is 0 Å². The lowest BCUT2D eigenvalue weighted by molar-refractivity contribution is 0.669. The van der Waals surface area contributed by atoms with Crippen LogP contribution in [0.5, 0.6) is 0 Å². The number of nitrogens with one attached hydrogen (secondary N) is 1. The number of benzene rings is 1. The van der Waals surface area contributed by atoms with Gasteiger partial charge in [-0.25, -0.2) is 17.9 Å². The minimum absolute atomic E-state index is 0.441. The summed E-state index contributed by atoms with van der Waals surface area (Å²) in [6, 6.07) is 12.1. The first-order valence-electron chi connectivity index (χ1n) is 5.66. The van der Waals surface area contributed by atoms with E-state index in [0.717, 1.165) is 0 Å². The van der Waals surface area contributed by atoms with Crippen LogP contribution in [0.2, 0.25) is 0 Å². The third-order valence-corrected chi connectivity index (χ3v) is 4.69. The molecule has 2 radical (unpaired) electrons. The second kappa shape index (κ2) is 4.24. The first kappa shape index (κ1) is 12.0. The maximum atomic E-state index is 12.7. The van der Waals surface area contributed by atoms with Crippen molar-refractivity contribution < 1.29 is 4.21 Å². The molecule has 92 valence electrons. The van der Waals surface area contributed by atoms with Crippen LogP contribution in [0.1, 0.15) is 0 Å². The molecule has 0 aliphatic carbocycles. The molecule has 0 spiro atoms. The van der Waals surface area contributed by atoms with Gasteiger partial charge in [-0.1, -0.05) is 29.7 Å². The normalized spacial score (nSPS) is 14.3. The quantitative estimate of drug-likeness (QED) is 0.718. The smallest absolute Gasteiger partial charge is 0.163 e. The van der Waals surface area contributed by atoms with Crippen molar-refractivity contribution in [2.45, 2.75) is 4.90 Å². The summed E-state index contributed by atoms with van der Waals surface area (Å²) in [4.78, 5) is 4.62. The number of rotatable bonds is 2. The molecule has 4 nitrogen and oxygen atoms in total. The van der Waals surface area contributed by atoms with E-state index in [9.17, 15) is 4.21 Å². The number of aromatic nitrogens is 2. The van der Waals surface area contributed by atoms with Crippen LogP contribution in [-0.2, 0) is 9.92 Å². The molecular weight excluding hydrogens is 257 g/mol. The number of pyridine rings is 1. The Morgan fingerprint density at radius 2 is 1.89 bits per heavy atom. The molecule has 1 unspecified atom stereocenters. The lowest BCUT2D eigenvalue weighted by Gasteiger charge is -2.10. The molecule has 0 aliphatic heterocycles. The minimum Gasteiger partial charge on any atom is -0.240 e. The van der Waals surface area contributed by atoms with E-state index in [0.29, 0.717) is 21.4 Å². The molecule has 1 aromatic carbocycles. The predicted octanol–water partition coefficient (Wildman–Crippen LogP) is 1.70. The van der Waals surface area contributed by atoms with Gasteiger partial charge in [0, 0.05) is 17.8 Å². The molecule has 0 fully saturated rings. The maximum Gasteiger partial charge on any atom is 0.163 e. The van der Waals surface area contributed by atoms with Gasteiger partial charge in [0.15, 0.2) is 15.6 Å². The van der Waals surface area contributed by atoms with E-state index in [1.807, 2.05) is 6.07 Å². The van der Waals surface area contributed by atoms with E-state index in [1.165, 1.54) is 3.97 Å². The summed E-state index contributed by atoms with van der Waals surface area (Å²) in [5.74, 6) is 0. The number of nitrogens with zero attached hydrogens (tertiary/aromatic N) is 2. The molecule has 19 heavy (non-hydrogen) atoms. The van der Waals surface area contributed by atoms with Gasteiger partial charge in [-0.15, -0.1) is 0 Å². The van der Waals surface area contributed by atoms with Crippen LogP contribution >= 0.6 is 0 Å². The van der Waals surface area contributed by atoms with Crippen molar-refractivity contribution >= 4 is 34.3 Å². The van der Waals surface area contributed by atoms with Crippen molar-refractivity contribution in [2.24, 2.45) is 0 Å². The van der Waals surface area contributed by atoms with Crippen molar-refractivity contribution in [1.82, 2.24) is 8.96 Å². The Bertz CT molecular complexity index is 841. The van der Waals surface area contributed by atoms with Crippen molar-refractivity contribution in [1.29, 1.82) is 4.78 Å². The van der Waals surface area contributed by atoms with Gasteiger partial charge in [0.1, 0.15) is 7.85 Å². The third kappa shape index (κ3) is 1.84. The van der Waals surface area contributed by atoms with Gasteiger partial charge in [-0.3, -0.25) is 0 Å². The summed E-state index contributed by atoms with van der Waals surface area (Å²) in [6.07, 6.45) is 3.14. The summed E-state index contributed by atoms with van der Waals surface area (Å²) in [5, 5.41) is 0.707. The monoisotopic (exact) mass is 267 g/mol. The second-order valence-electron chi connectivity index (χ2n) is 4.12. The maximum absolute atomic E-state index is 12.7. The average Bonchev–Trinajstić information content (AvgIpc) is 2.86. The van der Waals surface area contributed by atoms with Crippen molar-refractivity contribution in [3.05, 3.63) is 54.9 Å². The standard InChI is InChI=1S/C13H10BN3OS/c14-12-6-8-16-13-11(12)7-9-17(13)19(15,18)10-4-2-1-3-5-10/h1-9,15H. The Hall–Kier alpha value is -2.08. The summed E-state index contributed by atoms with van der Waals surface area (Å²) in [6.45, 7) is 0. The SMILES string of the molecule is [B]c1ccnc2c1ccn2S(=N)(=O)c1ccccc1. The lowest BCUT2D eigenvalue weighted by Crippen LogP contribution is -2.12. The van der Waals surface area contributed by atoms with Crippen molar-refractivity contribution in [2.75, 3.05) is 0 Å². The van der Waals surface area contributed by atoms with Crippen LogP contribution in [0.15, 0.2) is 59.8 Å². The Morgan fingerprint density at radius 1 is 1.16 bits per heavy atom. The fraction of sp³-hybridized carbons (Fsp3) is 0. The molecule has 6 heteroatoms. The topological polar surface area (TPSA) is 58.7 Å². The van der Waals surface area contributed by atoms with Crippen LogP contribution in [0.3, 0.4) is 0 Å². The van der Waals surface area contributed by atoms with E-state index in [-0.39, 0.29) is 0 Å². The zero-order valence-corrected chi connectivity index (χ0v) is 10.8. The van der Waals surface area contributed by atoms with Crippen LogP contribution in [-0.4, -0.2) is 21.0 Å². The van der Waals surface area contributed by atoms with Gasteiger partial charge in [0.2, 0.25) is 0 Å². The summed E-state index contributed by atoms with van der Waals surface area (Å²) in [7, 11) is 2.70. The molecule has 0 saturated carbocycles. The lowest BCUT2D eigenvalue weighted by atomic mass is 9.95.